The molecule has 0 aliphatic heterocycles. The highest BCUT2D eigenvalue weighted by molar-refractivity contribution is 6.48. The number of carbonyl (C=O) groups excluding carboxylic acids is 2. The quantitative estimate of drug-likeness (QED) is 0.621. The number of halogens is 1. The predicted octanol–water partition coefficient (Wildman–Crippen LogP) is 0.765. The zero-order chi connectivity index (χ0) is 10.0. The highest BCUT2D eigenvalue weighted by Gasteiger charge is 2.29. The number of ether oxygens (including phenoxy) is 2. The first kappa shape index (κ1) is 9.80. The van der Waals surface area contributed by atoms with Crippen LogP contribution in [0.4, 0.5) is 0 Å². The molecule has 70 valence electrons. The molecule has 0 saturated heterocycles. The Kier molecular flexibility index (Phi) is 2.72. The molecular formula is C8H7ClO4. The monoisotopic (exact) mass is 202 g/mol. The summed E-state index contributed by atoms with van der Waals surface area (Å²) in [4.78, 5) is 22.4. The van der Waals surface area contributed by atoms with Crippen LogP contribution in [-0.4, -0.2) is 25.8 Å². The van der Waals surface area contributed by atoms with E-state index in [1.165, 1.54) is 14.2 Å². The molecule has 0 heterocycles. The fourth-order valence-corrected chi connectivity index (χ4v) is 1.12. The minimum atomic E-state index is -0.519. The van der Waals surface area contributed by atoms with Crippen molar-refractivity contribution in [2.45, 2.75) is 0 Å². The molecule has 0 aromatic heterocycles. The number of methoxy groups -OCH3 is 2. The van der Waals surface area contributed by atoms with Crippen LogP contribution in [0.15, 0.2) is 22.6 Å². The van der Waals surface area contributed by atoms with E-state index in [1.807, 2.05) is 0 Å². The van der Waals surface area contributed by atoms with Gasteiger partial charge in [-0.05, 0) is 0 Å². The molecule has 0 N–H and O–H groups in total. The Morgan fingerprint density at radius 3 is 2.31 bits per heavy atom. The van der Waals surface area contributed by atoms with Crippen molar-refractivity contribution in [2.24, 2.45) is 0 Å². The number of carbonyl (C=O) groups is 2. The van der Waals surface area contributed by atoms with Crippen LogP contribution < -0.4 is 0 Å². The molecule has 0 aromatic carbocycles. The lowest BCUT2D eigenvalue weighted by atomic mass is 10.1. The molecule has 0 amide bonds. The summed E-state index contributed by atoms with van der Waals surface area (Å²) in [5.41, 5.74) is 0. The summed E-state index contributed by atoms with van der Waals surface area (Å²) in [7, 11) is 2.56. The second-order valence-electron chi connectivity index (χ2n) is 2.25. The van der Waals surface area contributed by atoms with Gasteiger partial charge in [0.1, 0.15) is 5.03 Å². The first-order valence-electron chi connectivity index (χ1n) is 3.40. The maximum absolute atomic E-state index is 11.3. The smallest absolute Gasteiger partial charge is 0.263 e. The molecule has 4 nitrogen and oxygen atoms in total. The molecule has 1 aliphatic rings. The first-order chi connectivity index (χ1) is 6.11. The largest absolute Gasteiger partial charge is 0.492 e. The maximum Gasteiger partial charge on any atom is 0.263 e. The molecule has 0 saturated carbocycles. The summed E-state index contributed by atoms with van der Waals surface area (Å²) in [6, 6.07) is 0. The normalized spacial score (nSPS) is 17.3. The van der Waals surface area contributed by atoms with Gasteiger partial charge in [0.05, 0.1) is 14.2 Å². The second-order valence-corrected chi connectivity index (χ2v) is 2.63. The summed E-state index contributed by atoms with van der Waals surface area (Å²) in [6.45, 7) is 0. The second kappa shape index (κ2) is 3.62. The third-order valence-electron chi connectivity index (χ3n) is 1.53. The number of rotatable bonds is 2. The Balaban J connectivity index is 3.14. The van der Waals surface area contributed by atoms with Crippen molar-refractivity contribution in [1.82, 2.24) is 0 Å². The lowest BCUT2D eigenvalue weighted by molar-refractivity contribution is -0.120. The van der Waals surface area contributed by atoms with Crippen LogP contribution >= 0.6 is 11.6 Å². The molecule has 5 heteroatoms. The number of ketones is 2. The molecule has 1 rings (SSSR count). The van der Waals surface area contributed by atoms with Crippen LogP contribution in [0.1, 0.15) is 0 Å². The van der Waals surface area contributed by atoms with Crippen molar-refractivity contribution in [3.8, 4) is 0 Å². The van der Waals surface area contributed by atoms with Crippen molar-refractivity contribution < 1.29 is 19.1 Å². The van der Waals surface area contributed by atoms with E-state index in [0.717, 1.165) is 6.08 Å². The van der Waals surface area contributed by atoms with Gasteiger partial charge >= 0.3 is 0 Å². The summed E-state index contributed by atoms with van der Waals surface area (Å²) in [5.74, 6) is -1.25. The van der Waals surface area contributed by atoms with Gasteiger partial charge in [-0.15, -0.1) is 0 Å². The molecular weight excluding hydrogens is 196 g/mol. The van der Waals surface area contributed by atoms with Crippen molar-refractivity contribution in [1.29, 1.82) is 0 Å². The highest BCUT2D eigenvalue weighted by atomic mass is 35.5. The van der Waals surface area contributed by atoms with Crippen LogP contribution in [0.2, 0.25) is 0 Å². The van der Waals surface area contributed by atoms with E-state index in [-0.39, 0.29) is 16.6 Å². The van der Waals surface area contributed by atoms with E-state index >= 15 is 0 Å². The molecule has 0 atom stereocenters. The van der Waals surface area contributed by atoms with Gasteiger partial charge in [-0.25, -0.2) is 0 Å². The standard InChI is InChI=1S/C8H7ClO4/c1-12-5-3-4(10)6(9)8(13-2)7(5)11/h3H,1-2H3. The zero-order valence-corrected chi connectivity index (χ0v) is 7.84. The summed E-state index contributed by atoms with van der Waals surface area (Å²) in [6.07, 6.45) is 1.03. The topological polar surface area (TPSA) is 52.6 Å². The maximum atomic E-state index is 11.3. The Morgan fingerprint density at radius 1 is 1.23 bits per heavy atom. The molecule has 1 aliphatic carbocycles. The van der Waals surface area contributed by atoms with E-state index in [2.05, 4.69) is 9.47 Å². The average Bonchev–Trinajstić information content (AvgIpc) is 2.12. The third-order valence-corrected chi connectivity index (χ3v) is 1.89. The number of Topliss-reactive ketones (excluding diaryl/α,β-unsaturated/α-hetero) is 1. The molecule has 0 aromatic rings. The fourth-order valence-electron chi connectivity index (χ4n) is 0.905. The van der Waals surface area contributed by atoms with E-state index in [4.69, 9.17) is 11.6 Å². The number of hydrogen-bond acceptors (Lipinski definition) is 4. The lowest BCUT2D eigenvalue weighted by Crippen LogP contribution is -2.19. The van der Waals surface area contributed by atoms with Crippen LogP contribution in [0, 0.1) is 0 Å². The molecule has 0 bridgehead atoms. The lowest BCUT2D eigenvalue weighted by Gasteiger charge is -2.12. The minimum absolute atomic E-state index is 0.0637. The van der Waals surface area contributed by atoms with Crippen LogP contribution in [0.3, 0.4) is 0 Å². The summed E-state index contributed by atoms with van der Waals surface area (Å²) >= 11 is 5.53. The van der Waals surface area contributed by atoms with Crippen LogP contribution in [0.25, 0.3) is 0 Å². The van der Waals surface area contributed by atoms with Gasteiger partial charge in [-0.3, -0.25) is 9.59 Å². The minimum Gasteiger partial charge on any atom is -0.492 e. The Hall–Kier alpha value is -1.29. The SMILES string of the molecule is COC1=CC(=O)C(Cl)=C(OC)C1=O. The molecule has 0 radical (unpaired) electrons. The Bertz CT molecular complexity index is 327. The highest BCUT2D eigenvalue weighted by Crippen LogP contribution is 2.22. The average molecular weight is 203 g/mol. The van der Waals surface area contributed by atoms with Gasteiger partial charge in [-0.2, -0.15) is 0 Å². The van der Waals surface area contributed by atoms with Crippen LogP contribution in [0.5, 0.6) is 0 Å². The van der Waals surface area contributed by atoms with Crippen LogP contribution in [-0.2, 0) is 19.1 Å². The van der Waals surface area contributed by atoms with Crippen molar-refractivity contribution in [3.63, 3.8) is 0 Å². The van der Waals surface area contributed by atoms with Crippen molar-refractivity contribution >= 4 is 23.2 Å². The van der Waals surface area contributed by atoms with Gasteiger partial charge in [0.25, 0.3) is 5.78 Å². The van der Waals surface area contributed by atoms with Gasteiger partial charge < -0.3 is 9.47 Å². The Labute approximate surface area is 79.8 Å². The molecule has 13 heavy (non-hydrogen) atoms. The number of hydrogen-bond donors (Lipinski definition) is 0. The van der Waals surface area contributed by atoms with E-state index in [9.17, 15) is 9.59 Å². The third kappa shape index (κ3) is 1.58. The zero-order valence-electron chi connectivity index (χ0n) is 7.09. The van der Waals surface area contributed by atoms with Crippen molar-refractivity contribution in [3.05, 3.63) is 22.6 Å². The van der Waals surface area contributed by atoms with E-state index < -0.39 is 11.6 Å². The van der Waals surface area contributed by atoms with Gasteiger partial charge in [0.15, 0.2) is 11.5 Å². The first-order valence-corrected chi connectivity index (χ1v) is 3.78. The van der Waals surface area contributed by atoms with Gasteiger partial charge in [-0.1, -0.05) is 11.6 Å². The molecule has 0 spiro atoms. The van der Waals surface area contributed by atoms with Crippen molar-refractivity contribution in [2.75, 3.05) is 14.2 Å². The Morgan fingerprint density at radius 2 is 1.85 bits per heavy atom. The van der Waals surface area contributed by atoms with Gasteiger partial charge in [0.2, 0.25) is 5.78 Å². The molecule has 0 unspecified atom stereocenters. The predicted molar refractivity (Wildman–Crippen MR) is 45.0 cm³/mol. The summed E-state index contributed by atoms with van der Waals surface area (Å²) in [5, 5.41) is -0.215. The van der Waals surface area contributed by atoms with E-state index in [0.29, 0.717) is 0 Å². The fraction of sp³-hybridized carbons (Fsp3) is 0.250. The molecule has 0 fully saturated rings. The number of allylic oxidation sites excluding steroid dienone is 2. The van der Waals surface area contributed by atoms with Gasteiger partial charge in [0, 0.05) is 6.08 Å². The van der Waals surface area contributed by atoms with E-state index in [1.54, 1.807) is 0 Å². The summed E-state index contributed by atoms with van der Waals surface area (Å²) < 4.78 is 9.35.